The lowest BCUT2D eigenvalue weighted by Crippen LogP contribution is -2.07. The van der Waals surface area contributed by atoms with E-state index in [1.165, 1.54) is 18.2 Å². The second-order valence-electron chi connectivity index (χ2n) is 4.66. The number of hydrogen-bond donors (Lipinski definition) is 2. The Morgan fingerprint density at radius 2 is 1.90 bits per heavy atom. The molecule has 20 heavy (non-hydrogen) atoms. The van der Waals surface area contributed by atoms with E-state index < -0.39 is 15.6 Å². The molecular formula is C15H14O4S. The summed E-state index contributed by atoms with van der Waals surface area (Å²) in [4.78, 5) is -0.507. The molecule has 104 valence electrons. The van der Waals surface area contributed by atoms with Crippen LogP contribution in [0, 0.1) is 18.8 Å². The van der Waals surface area contributed by atoms with Crippen LogP contribution in [0.1, 0.15) is 18.9 Å². The number of benzene rings is 1. The summed E-state index contributed by atoms with van der Waals surface area (Å²) in [5.41, 5.74) is 1.43. The first-order valence-electron chi connectivity index (χ1n) is 5.96. The average Bonchev–Trinajstić information content (AvgIpc) is 2.54. The molecular weight excluding hydrogens is 276 g/mol. The van der Waals surface area contributed by atoms with Crippen LogP contribution in [-0.2, 0) is 9.84 Å². The topological polar surface area (TPSA) is 74.6 Å². The molecule has 0 atom stereocenters. The van der Waals surface area contributed by atoms with Gasteiger partial charge >= 0.3 is 0 Å². The van der Waals surface area contributed by atoms with E-state index in [1.807, 2.05) is 0 Å². The second kappa shape index (κ2) is 5.06. The largest absolute Gasteiger partial charge is 0.507 e. The zero-order chi connectivity index (χ0) is 14.9. The highest BCUT2D eigenvalue weighted by Gasteiger charge is 2.26. The van der Waals surface area contributed by atoms with Crippen LogP contribution in [0.2, 0.25) is 0 Å². The molecule has 0 unspecified atom stereocenters. The van der Waals surface area contributed by atoms with Gasteiger partial charge in [-0.25, -0.2) is 8.42 Å². The van der Waals surface area contributed by atoms with E-state index in [9.17, 15) is 18.6 Å². The number of allylic oxidation sites excluding steroid dienone is 3. The molecule has 2 N–H and O–H groups in total. The monoisotopic (exact) mass is 290 g/mol. The van der Waals surface area contributed by atoms with Crippen LogP contribution in [0.5, 0.6) is 5.75 Å². The molecule has 0 saturated carbocycles. The van der Waals surface area contributed by atoms with Gasteiger partial charge in [-0.15, -0.1) is 0 Å². The average molecular weight is 290 g/mol. The molecule has 0 aromatic heterocycles. The van der Waals surface area contributed by atoms with Crippen molar-refractivity contribution in [3.05, 3.63) is 46.1 Å². The maximum atomic E-state index is 12.6. The summed E-state index contributed by atoms with van der Waals surface area (Å²) in [6, 6.07) is 4.29. The first-order chi connectivity index (χ1) is 9.32. The summed E-state index contributed by atoms with van der Waals surface area (Å²) < 4.78 is 25.2. The van der Waals surface area contributed by atoms with Crippen LogP contribution >= 0.6 is 0 Å². The molecule has 0 heterocycles. The number of phenolic OH excluding ortho intramolecular Hbond substituents is 1. The molecule has 0 radical (unpaired) electrons. The Bertz CT molecular complexity index is 787. The first kappa shape index (κ1) is 14.2. The first-order valence-corrected chi connectivity index (χ1v) is 7.44. The van der Waals surface area contributed by atoms with Gasteiger partial charge in [0.15, 0.2) is 5.76 Å². The van der Waals surface area contributed by atoms with E-state index in [0.717, 1.165) is 5.57 Å². The Hall–Kier alpha value is -2.19. The maximum absolute atomic E-state index is 12.6. The third-order valence-electron chi connectivity index (χ3n) is 2.88. The summed E-state index contributed by atoms with van der Waals surface area (Å²) in [7, 11) is -4.02. The molecule has 5 heteroatoms. The molecule has 0 bridgehead atoms. The smallest absolute Gasteiger partial charge is 0.214 e. The van der Waals surface area contributed by atoms with Gasteiger partial charge in [0.1, 0.15) is 15.6 Å². The van der Waals surface area contributed by atoms with Crippen molar-refractivity contribution in [3.63, 3.8) is 0 Å². The van der Waals surface area contributed by atoms with Crippen LogP contribution in [0.4, 0.5) is 0 Å². The zero-order valence-corrected chi connectivity index (χ0v) is 12.0. The zero-order valence-electron chi connectivity index (χ0n) is 11.1. The Morgan fingerprint density at radius 1 is 1.20 bits per heavy atom. The van der Waals surface area contributed by atoms with E-state index in [1.54, 1.807) is 19.9 Å². The van der Waals surface area contributed by atoms with Crippen LogP contribution in [0.3, 0.4) is 0 Å². The third kappa shape index (κ3) is 2.56. The summed E-state index contributed by atoms with van der Waals surface area (Å²) in [5.74, 6) is 4.23. The molecule has 1 aromatic rings. The number of phenols is 1. The third-order valence-corrected chi connectivity index (χ3v) is 4.68. The fourth-order valence-electron chi connectivity index (χ4n) is 1.83. The van der Waals surface area contributed by atoms with Gasteiger partial charge in [-0.1, -0.05) is 17.6 Å². The van der Waals surface area contributed by atoms with Crippen molar-refractivity contribution in [2.45, 2.75) is 25.2 Å². The van der Waals surface area contributed by atoms with Crippen molar-refractivity contribution in [1.29, 1.82) is 0 Å². The number of aliphatic hydroxyl groups excluding tert-OH is 1. The fourth-order valence-corrected chi connectivity index (χ4v) is 3.42. The van der Waals surface area contributed by atoms with Crippen LogP contribution < -0.4 is 0 Å². The Morgan fingerprint density at radius 3 is 2.60 bits per heavy atom. The summed E-state index contributed by atoms with van der Waals surface area (Å²) in [6.45, 7) is 3.46. The van der Waals surface area contributed by atoms with Crippen molar-refractivity contribution in [2.24, 2.45) is 0 Å². The molecule has 0 aliphatic heterocycles. The quantitative estimate of drug-likeness (QED) is 0.821. The second-order valence-corrected chi connectivity index (χ2v) is 6.54. The molecule has 1 aromatic carbocycles. The van der Waals surface area contributed by atoms with Gasteiger partial charge in [0.2, 0.25) is 9.84 Å². The fraction of sp³-hybridized carbons (Fsp3) is 0.200. The lowest BCUT2D eigenvalue weighted by atomic mass is 10.2. The number of hydrogen-bond acceptors (Lipinski definition) is 4. The van der Waals surface area contributed by atoms with Gasteiger partial charge in [-0.05, 0) is 43.5 Å². The van der Waals surface area contributed by atoms with Crippen LogP contribution in [0.15, 0.2) is 45.4 Å². The SMILES string of the molecule is CC1=CC(S(=O)(=O)c2cc(C)ccc2O)=C(O)C#CC1. The van der Waals surface area contributed by atoms with E-state index in [2.05, 4.69) is 11.8 Å². The van der Waals surface area contributed by atoms with Crippen molar-refractivity contribution < 1.29 is 18.6 Å². The lowest BCUT2D eigenvalue weighted by molar-refractivity contribution is 0.435. The summed E-state index contributed by atoms with van der Waals surface area (Å²) in [6.07, 6.45) is 1.77. The minimum Gasteiger partial charge on any atom is -0.507 e. The standard InChI is InChI=1S/C15H14O4S/c1-10-4-3-5-12(16)14(8-10)20(18,19)15-9-11(2)6-7-13(15)17/h6-9,16-17H,4H2,1-2H3. The molecule has 4 nitrogen and oxygen atoms in total. The highest BCUT2D eigenvalue weighted by molar-refractivity contribution is 7.95. The highest BCUT2D eigenvalue weighted by Crippen LogP contribution is 2.31. The number of sulfone groups is 1. The number of aromatic hydroxyl groups is 1. The maximum Gasteiger partial charge on any atom is 0.214 e. The van der Waals surface area contributed by atoms with Crippen molar-refractivity contribution in [2.75, 3.05) is 0 Å². The molecule has 0 fully saturated rings. The summed E-state index contributed by atoms with van der Waals surface area (Å²) >= 11 is 0. The number of aryl methyl sites for hydroxylation is 1. The summed E-state index contributed by atoms with van der Waals surface area (Å²) in [5, 5.41) is 19.6. The Labute approximate surface area is 118 Å². The molecule has 0 spiro atoms. The van der Waals surface area contributed by atoms with Crippen LogP contribution in [0.25, 0.3) is 0 Å². The number of aliphatic hydroxyl groups is 1. The highest BCUT2D eigenvalue weighted by atomic mass is 32.2. The van der Waals surface area contributed by atoms with Crippen LogP contribution in [-0.4, -0.2) is 18.6 Å². The minimum absolute atomic E-state index is 0.230. The molecule has 0 amide bonds. The van der Waals surface area contributed by atoms with Crippen molar-refractivity contribution in [1.82, 2.24) is 0 Å². The molecule has 0 saturated heterocycles. The van der Waals surface area contributed by atoms with E-state index in [-0.39, 0.29) is 15.6 Å². The Kier molecular flexibility index (Phi) is 3.60. The van der Waals surface area contributed by atoms with Gasteiger partial charge in [-0.2, -0.15) is 0 Å². The van der Waals surface area contributed by atoms with Gasteiger partial charge in [0.05, 0.1) is 0 Å². The van der Waals surface area contributed by atoms with Crippen molar-refractivity contribution >= 4 is 9.84 Å². The van der Waals surface area contributed by atoms with Gasteiger partial charge < -0.3 is 10.2 Å². The van der Waals surface area contributed by atoms with Gasteiger partial charge in [-0.3, -0.25) is 0 Å². The van der Waals surface area contributed by atoms with E-state index in [0.29, 0.717) is 12.0 Å². The molecule has 1 aliphatic rings. The minimum atomic E-state index is -4.02. The predicted molar refractivity (Wildman–Crippen MR) is 75.8 cm³/mol. The lowest BCUT2D eigenvalue weighted by Gasteiger charge is -2.09. The molecule has 2 rings (SSSR count). The predicted octanol–water partition coefficient (Wildman–Crippen LogP) is 2.60. The Balaban J connectivity index is 2.71. The molecule has 1 aliphatic carbocycles. The van der Waals surface area contributed by atoms with E-state index in [4.69, 9.17) is 0 Å². The van der Waals surface area contributed by atoms with Gasteiger partial charge in [0, 0.05) is 6.42 Å². The van der Waals surface area contributed by atoms with E-state index >= 15 is 0 Å². The number of rotatable bonds is 2. The van der Waals surface area contributed by atoms with Crippen molar-refractivity contribution in [3.8, 4) is 17.6 Å². The normalized spacial score (nSPS) is 15.2. The van der Waals surface area contributed by atoms with Gasteiger partial charge in [0.25, 0.3) is 0 Å².